The van der Waals surface area contributed by atoms with Crippen LogP contribution in [-0.2, 0) is 5.88 Å². The number of hydrogen-bond acceptors (Lipinski definition) is 4. The summed E-state index contributed by atoms with van der Waals surface area (Å²) in [5.41, 5.74) is 0.984. The lowest BCUT2D eigenvalue weighted by molar-refractivity contribution is 0.174. The van der Waals surface area contributed by atoms with E-state index in [1.807, 2.05) is 12.4 Å². The molecule has 0 radical (unpaired) electrons. The highest BCUT2D eigenvalue weighted by Crippen LogP contribution is 2.22. The molecule has 0 bridgehead atoms. The minimum atomic E-state index is 0.483. The second-order valence-corrected chi connectivity index (χ2v) is 5.78. The van der Waals surface area contributed by atoms with Gasteiger partial charge in [0.1, 0.15) is 0 Å². The summed E-state index contributed by atoms with van der Waals surface area (Å²) in [6, 6.07) is 0.691. The number of aromatic nitrogens is 2. The summed E-state index contributed by atoms with van der Waals surface area (Å²) in [5.74, 6) is 1.34. The molecule has 1 unspecified atom stereocenters. The van der Waals surface area contributed by atoms with Crippen molar-refractivity contribution in [1.82, 2.24) is 14.9 Å². The summed E-state index contributed by atoms with van der Waals surface area (Å²) in [4.78, 5) is 13.8. The molecular formula is C14H21ClN4. The molecule has 1 atom stereocenters. The highest BCUT2D eigenvalue weighted by atomic mass is 35.5. The number of likely N-dealkylation sites (tertiary alicyclic amines) is 1. The first kappa shape index (κ1) is 13.1. The van der Waals surface area contributed by atoms with E-state index in [1.54, 1.807) is 0 Å². The van der Waals surface area contributed by atoms with E-state index >= 15 is 0 Å². The van der Waals surface area contributed by atoms with Crippen molar-refractivity contribution >= 4 is 17.5 Å². The van der Waals surface area contributed by atoms with E-state index in [-0.39, 0.29) is 0 Å². The number of anilines is 1. The van der Waals surface area contributed by atoms with Gasteiger partial charge in [-0.05, 0) is 32.4 Å². The van der Waals surface area contributed by atoms with Crippen molar-refractivity contribution in [2.45, 2.75) is 37.6 Å². The topological polar surface area (TPSA) is 32.3 Å². The molecule has 3 heterocycles. The van der Waals surface area contributed by atoms with E-state index in [4.69, 9.17) is 11.6 Å². The Kier molecular flexibility index (Phi) is 4.18. The van der Waals surface area contributed by atoms with Crippen LogP contribution in [0.15, 0.2) is 12.4 Å². The lowest BCUT2D eigenvalue weighted by Gasteiger charge is -2.32. The summed E-state index contributed by atoms with van der Waals surface area (Å²) in [6.45, 7) is 4.68. The predicted octanol–water partition coefficient (Wildman–Crippen LogP) is 2.28. The number of rotatable bonds is 3. The molecule has 2 aliphatic heterocycles. The Morgan fingerprint density at radius 1 is 1.11 bits per heavy atom. The summed E-state index contributed by atoms with van der Waals surface area (Å²) in [6.07, 6.45) is 9.03. The lowest BCUT2D eigenvalue weighted by atomic mass is 10.1. The van der Waals surface area contributed by atoms with Crippen LogP contribution in [0.25, 0.3) is 0 Å². The maximum atomic E-state index is 5.76. The third-order valence-electron chi connectivity index (χ3n) is 4.20. The van der Waals surface area contributed by atoms with Gasteiger partial charge >= 0.3 is 0 Å². The van der Waals surface area contributed by atoms with Crippen LogP contribution in [0.2, 0.25) is 0 Å². The standard InChI is InChI=1S/C14H21ClN4/c15-8-12-9-16-14(17-10-12)19-7-4-13(11-19)18-5-2-1-3-6-18/h9-10,13H,1-8,11H2. The largest absolute Gasteiger partial charge is 0.339 e. The maximum absolute atomic E-state index is 5.76. The SMILES string of the molecule is ClCc1cnc(N2CCC(N3CCCCC3)C2)nc1. The van der Waals surface area contributed by atoms with Gasteiger partial charge in [-0.15, -0.1) is 11.6 Å². The van der Waals surface area contributed by atoms with Crippen molar-refractivity contribution < 1.29 is 0 Å². The molecule has 0 aliphatic carbocycles. The number of halogens is 1. The predicted molar refractivity (Wildman–Crippen MR) is 77.6 cm³/mol. The van der Waals surface area contributed by atoms with Crippen molar-refractivity contribution in [1.29, 1.82) is 0 Å². The van der Waals surface area contributed by atoms with Crippen LogP contribution in [0.3, 0.4) is 0 Å². The molecule has 1 aromatic rings. The molecule has 19 heavy (non-hydrogen) atoms. The van der Waals surface area contributed by atoms with Crippen molar-refractivity contribution in [2.24, 2.45) is 0 Å². The van der Waals surface area contributed by atoms with Crippen LogP contribution in [0.4, 0.5) is 5.95 Å². The van der Waals surface area contributed by atoms with E-state index in [0.29, 0.717) is 11.9 Å². The molecule has 4 nitrogen and oxygen atoms in total. The Morgan fingerprint density at radius 3 is 2.53 bits per heavy atom. The Bertz CT molecular complexity index is 402. The molecule has 0 saturated carbocycles. The van der Waals surface area contributed by atoms with Crippen LogP contribution < -0.4 is 4.90 Å². The van der Waals surface area contributed by atoms with Gasteiger partial charge < -0.3 is 4.90 Å². The Labute approximate surface area is 119 Å². The molecule has 1 aromatic heterocycles. The third-order valence-corrected chi connectivity index (χ3v) is 4.51. The fourth-order valence-corrected chi connectivity index (χ4v) is 3.22. The Morgan fingerprint density at radius 2 is 1.84 bits per heavy atom. The average Bonchev–Trinajstić information content (AvgIpc) is 2.98. The van der Waals surface area contributed by atoms with Gasteiger partial charge in [-0.2, -0.15) is 0 Å². The zero-order valence-corrected chi connectivity index (χ0v) is 12.0. The van der Waals surface area contributed by atoms with Gasteiger partial charge in [0.2, 0.25) is 5.95 Å². The van der Waals surface area contributed by atoms with Gasteiger partial charge in [-0.25, -0.2) is 9.97 Å². The molecule has 2 aliphatic rings. The van der Waals surface area contributed by atoms with E-state index in [0.717, 1.165) is 24.6 Å². The van der Waals surface area contributed by atoms with Gasteiger partial charge in [0.25, 0.3) is 0 Å². The normalized spacial score (nSPS) is 24.9. The highest BCUT2D eigenvalue weighted by Gasteiger charge is 2.29. The average molecular weight is 281 g/mol. The zero-order chi connectivity index (χ0) is 13.1. The van der Waals surface area contributed by atoms with Crippen LogP contribution in [0.5, 0.6) is 0 Å². The number of piperidine rings is 1. The third kappa shape index (κ3) is 3.00. The summed E-state index contributed by atoms with van der Waals surface area (Å²) in [5, 5.41) is 0. The van der Waals surface area contributed by atoms with Crippen molar-refractivity contribution in [3.05, 3.63) is 18.0 Å². The first-order chi connectivity index (χ1) is 9.36. The first-order valence-corrected chi connectivity index (χ1v) is 7.76. The monoisotopic (exact) mass is 280 g/mol. The fourth-order valence-electron chi connectivity index (χ4n) is 3.09. The van der Waals surface area contributed by atoms with Crippen molar-refractivity contribution in [3.63, 3.8) is 0 Å². The smallest absolute Gasteiger partial charge is 0.225 e. The van der Waals surface area contributed by atoms with Crippen molar-refractivity contribution in [3.8, 4) is 0 Å². The Balaban J connectivity index is 1.61. The maximum Gasteiger partial charge on any atom is 0.225 e. The molecule has 0 spiro atoms. The number of nitrogens with zero attached hydrogens (tertiary/aromatic N) is 4. The van der Waals surface area contributed by atoms with Crippen LogP contribution >= 0.6 is 11.6 Å². The molecule has 104 valence electrons. The van der Waals surface area contributed by atoms with Crippen molar-refractivity contribution in [2.75, 3.05) is 31.1 Å². The van der Waals surface area contributed by atoms with Gasteiger partial charge in [-0.1, -0.05) is 6.42 Å². The van der Waals surface area contributed by atoms with E-state index in [1.165, 1.54) is 38.8 Å². The number of hydrogen-bond donors (Lipinski definition) is 0. The van der Waals surface area contributed by atoms with E-state index < -0.39 is 0 Å². The second-order valence-electron chi connectivity index (χ2n) is 5.51. The highest BCUT2D eigenvalue weighted by molar-refractivity contribution is 6.17. The van der Waals surface area contributed by atoms with Gasteiger partial charge in [-0.3, -0.25) is 4.90 Å². The Hall–Kier alpha value is -0.870. The summed E-state index contributed by atoms with van der Waals surface area (Å²) in [7, 11) is 0. The summed E-state index contributed by atoms with van der Waals surface area (Å²) >= 11 is 5.76. The van der Waals surface area contributed by atoms with E-state index in [9.17, 15) is 0 Å². The van der Waals surface area contributed by atoms with Gasteiger partial charge in [0, 0.05) is 37.1 Å². The molecule has 2 saturated heterocycles. The summed E-state index contributed by atoms with van der Waals surface area (Å²) < 4.78 is 0. The fraction of sp³-hybridized carbons (Fsp3) is 0.714. The molecular weight excluding hydrogens is 260 g/mol. The molecule has 0 aromatic carbocycles. The zero-order valence-electron chi connectivity index (χ0n) is 11.3. The molecule has 5 heteroatoms. The minimum absolute atomic E-state index is 0.483. The molecule has 2 fully saturated rings. The quantitative estimate of drug-likeness (QED) is 0.795. The van der Waals surface area contributed by atoms with Crippen LogP contribution in [-0.4, -0.2) is 47.1 Å². The molecule has 0 amide bonds. The molecule has 3 rings (SSSR count). The van der Waals surface area contributed by atoms with Crippen LogP contribution in [0.1, 0.15) is 31.2 Å². The van der Waals surface area contributed by atoms with Gasteiger partial charge in [0.05, 0.1) is 5.88 Å². The second kappa shape index (κ2) is 6.06. The van der Waals surface area contributed by atoms with Crippen LogP contribution in [0, 0.1) is 0 Å². The number of alkyl halides is 1. The van der Waals surface area contributed by atoms with E-state index in [2.05, 4.69) is 19.8 Å². The lowest BCUT2D eigenvalue weighted by Crippen LogP contribution is -2.41. The first-order valence-electron chi connectivity index (χ1n) is 7.22. The minimum Gasteiger partial charge on any atom is -0.339 e. The van der Waals surface area contributed by atoms with Gasteiger partial charge in [0.15, 0.2) is 0 Å². The molecule has 0 N–H and O–H groups in total.